The van der Waals surface area contributed by atoms with Crippen LogP contribution < -0.4 is 9.47 Å². The van der Waals surface area contributed by atoms with E-state index in [0.29, 0.717) is 16.9 Å². The van der Waals surface area contributed by atoms with Gasteiger partial charge in [-0.15, -0.1) is 0 Å². The lowest BCUT2D eigenvalue weighted by Gasteiger charge is -2.02. The van der Waals surface area contributed by atoms with Gasteiger partial charge in [0.25, 0.3) is 0 Å². The third-order valence-corrected chi connectivity index (χ3v) is 3.51. The molecule has 0 unspecified atom stereocenters. The van der Waals surface area contributed by atoms with E-state index in [2.05, 4.69) is 5.18 Å². The second kappa shape index (κ2) is 5.89. The van der Waals surface area contributed by atoms with E-state index in [1.54, 1.807) is 20.3 Å². The van der Waals surface area contributed by atoms with E-state index >= 15 is 0 Å². The average Bonchev–Trinajstić information content (AvgIpc) is 2.99. The van der Waals surface area contributed by atoms with Gasteiger partial charge in [0.2, 0.25) is 0 Å². The number of rotatable bonds is 5. The smallest absolute Gasteiger partial charge is 0.140 e. The topological polar surface area (TPSA) is 61.0 Å². The highest BCUT2D eigenvalue weighted by atomic mass is 16.5. The van der Waals surface area contributed by atoms with Crippen molar-refractivity contribution in [1.82, 2.24) is 0 Å². The first kappa shape index (κ1) is 14.1. The van der Waals surface area contributed by atoms with Gasteiger partial charge in [-0.2, -0.15) is 4.91 Å². The van der Waals surface area contributed by atoms with Gasteiger partial charge in [-0.25, -0.2) is 0 Å². The van der Waals surface area contributed by atoms with E-state index in [1.165, 1.54) is 0 Å². The molecule has 0 spiro atoms. The third-order valence-electron chi connectivity index (χ3n) is 3.51. The standard InChI is InChI=1S/C17H15NO4/c1-20-14-5-3-11(4-6-14)16-9-12-7-15(21-2)8-13(10-18-19)17(12)22-16/h3-9H,10H2,1-2H3. The molecule has 5 heteroatoms. The number of benzene rings is 2. The van der Waals surface area contributed by atoms with Crippen LogP contribution in [0.5, 0.6) is 11.5 Å². The summed E-state index contributed by atoms with van der Waals surface area (Å²) in [5, 5.41) is 3.83. The quantitative estimate of drug-likeness (QED) is 0.655. The summed E-state index contributed by atoms with van der Waals surface area (Å²) >= 11 is 0. The molecule has 1 heterocycles. The van der Waals surface area contributed by atoms with Crippen molar-refractivity contribution in [3.63, 3.8) is 0 Å². The number of hydrogen-bond acceptors (Lipinski definition) is 5. The number of hydrogen-bond donors (Lipinski definition) is 0. The van der Waals surface area contributed by atoms with Gasteiger partial charge >= 0.3 is 0 Å². The van der Waals surface area contributed by atoms with Gasteiger partial charge in [0.05, 0.1) is 14.2 Å². The van der Waals surface area contributed by atoms with Gasteiger partial charge < -0.3 is 13.9 Å². The lowest BCUT2D eigenvalue weighted by atomic mass is 10.1. The van der Waals surface area contributed by atoms with Crippen molar-refractivity contribution in [2.75, 3.05) is 14.2 Å². The zero-order chi connectivity index (χ0) is 15.5. The third kappa shape index (κ3) is 2.53. The van der Waals surface area contributed by atoms with Gasteiger partial charge in [-0.3, -0.25) is 0 Å². The Labute approximate surface area is 127 Å². The maximum absolute atomic E-state index is 10.6. The summed E-state index contributed by atoms with van der Waals surface area (Å²) in [4.78, 5) is 10.6. The summed E-state index contributed by atoms with van der Waals surface area (Å²) in [5.74, 6) is 2.18. The molecular weight excluding hydrogens is 282 g/mol. The fourth-order valence-electron chi connectivity index (χ4n) is 2.40. The van der Waals surface area contributed by atoms with Crippen LogP contribution in [0.15, 0.2) is 52.1 Å². The number of fused-ring (bicyclic) bond motifs is 1. The van der Waals surface area contributed by atoms with Crippen LogP contribution in [-0.4, -0.2) is 14.2 Å². The van der Waals surface area contributed by atoms with E-state index in [0.717, 1.165) is 22.5 Å². The predicted molar refractivity (Wildman–Crippen MR) is 84.3 cm³/mol. The van der Waals surface area contributed by atoms with Crippen molar-refractivity contribution in [3.05, 3.63) is 52.9 Å². The molecule has 0 aliphatic carbocycles. The Hall–Kier alpha value is -2.82. The molecule has 2 aromatic carbocycles. The fraction of sp³-hybridized carbons (Fsp3) is 0.176. The van der Waals surface area contributed by atoms with E-state index < -0.39 is 0 Å². The minimum absolute atomic E-state index is 0.0449. The molecule has 0 amide bonds. The number of ether oxygens (including phenoxy) is 2. The van der Waals surface area contributed by atoms with Crippen LogP contribution in [0, 0.1) is 4.91 Å². The highest BCUT2D eigenvalue weighted by Crippen LogP contribution is 2.33. The van der Waals surface area contributed by atoms with Crippen LogP contribution in [0.2, 0.25) is 0 Å². The van der Waals surface area contributed by atoms with Gasteiger partial charge in [-0.05, 0) is 42.5 Å². The summed E-state index contributed by atoms with van der Waals surface area (Å²) in [5.41, 5.74) is 2.30. The Morgan fingerprint density at radius 2 is 1.73 bits per heavy atom. The molecule has 3 rings (SSSR count). The van der Waals surface area contributed by atoms with Crippen molar-refractivity contribution in [2.24, 2.45) is 5.18 Å². The molecule has 0 fully saturated rings. The highest BCUT2D eigenvalue weighted by Gasteiger charge is 2.12. The molecular formula is C17H15NO4. The normalized spacial score (nSPS) is 10.6. The first-order valence-electron chi connectivity index (χ1n) is 6.79. The molecule has 0 aliphatic heterocycles. The maximum atomic E-state index is 10.6. The zero-order valence-corrected chi connectivity index (χ0v) is 12.3. The van der Waals surface area contributed by atoms with Crippen molar-refractivity contribution in [3.8, 4) is 22.8 Å². The molecule has 0 bridgehead atoms. The molecule has 0 aliphatic rings. The van der Waals surface area contributed by atoms with Gasteiger partial charge in [0.1, 0.15) is 29.4 Å². The average molecular weight is 297 g/mol. The molecule has 0 atom stereocenters. The van der Waals surface area contributed by atoms with Crippen molar-refractivity contribution >= 4 is 11.0 Å². The minimum atomic E-state index is 0.0449. The second-order valence-electron chi connectivity index (χ2n) is 4.83. The zero-order valence-electron chi connectivity index (χ0n) is 12.3. The monoisotopic (exact) mass is 297 g/mol. The summed E-state index contributed by atoms with van der Waals surface area (Å²) in [6.07, 6.45) is 0. The predicted octanol–water partition coefficient (Wildman–Crippen LogP) is 4.38. The molecule has 5 nitrogen and oxygen atoms in total. The van der Waals surface area contributed by atoms with Crippen molar-refractivity contribution < 1.29 is 13.9 Å². The van der Waals surface area contributed by atoms with Gasteiger partial charge in [0, 0.05) is 16.5 Å². The molecule has 22 heavy (non-hydrogen) atoms. The van der Waals surface area contributed by atoms with Crippen LogP contribution in [-0.2, 0) is 6.54 Å². The van der Waals surface area contributed by atoms with Crippen LogP contribution in [0.3, 0.4) is 0 Å². The summed E-state index contributed by atoms with van der Waals surface area (Å²) in [7, 11) is 3.21. The van der Waals surface area contributed by atoms with Crippen molar-refractivity contribution in [1.29, 1.82) is 0 Å². The Morgan fingerprint density at radius 3 is 2.36 bits per heavy atom. The second-order valence-corrected chi connectivity index (χ2v) is 4.83. The van der Waals surface area contributed by atoms with Crippen LogP contribution in [0.1, 0.15) is 5.56 Å². The molecule has 0 saturated carbocycles. The van der Waals surface area contributed by atoms with Gasteiger partial charge in [-0.1, -0.05) is 5.18 Å². The number of nitroso groups, excluding NO2 is 1. The summed E-state index contributed by atoms with van der Waals surface area (Å²) in [6, 6.07) is 13.2. The van der Waals surface area contributed by atoms with Crippen molar-refractivity contribution in [2.45, 2.75) is 6.54 Å². The SMILES string of the molecule is COc1ccc(-c2cc3cc(OC)cc(CN=O)c3o2)cc1. The number of nitrogens with zero attached hydrogens (tertiary/aromatic N) is 1. The Morgan fingerprint density at radius 1 is 1.00 bits per heavy atom. The fourth-order valence-corrected chi connectivity index (χ4v) is 2.40. The molecule has 1 aromatic heterocycles. The molecule has 0 radical (unpaired) electrons. The van der Waals surface area contributed by atoms with Gasteiger partial charge in [0.15, 0.2) is 0 Å². The minimum Gasteiger partial charge on any atom is -0.497 e. The van der Waals surface area contributed by atoms with Crippen LogP contribution in [0.4, 0.5) is 0 Å². The van der Waals surface area contributed by atoms with E-state index in [4.69, 9.17) is 13.9 Å². The first-order valence-corrected chi connectivity index (χ1v) is 6.79. The summed E-state index contributed by atoms with van der Waals surface area (Å²) in [6.45, 7) is 0.0449. The Bertz CT molecular complexity index is 805. The van der Waals surface area contributed by atoms with Crippen LogP contribution in [0.25, 0.3) is 22.3 Å². The lowest BCUT2D eigenvalue weighted by Crippen LogP contribution is -1.87. The largest absolute Gasteiger partial charge is 0.497 e. The summed E-state index contributed by atoms with van der Waals surface area (Å²) < 4.78 is 16.3. The number of methoxy groups -OCH3 is 2. The Balaban J connectivity index is 2.11. The molecule has 112 valence electrons. The molecule has 3 aromatic rings. The first-order chi connectivity index (χ1) is 10.7. The maximum Gasteiger partial charge on any atom is 0.140 e. The molecule has 0 saturated heterocycles. The number of furan rings is 1. The highest BCUT2D eigenvalue weighted by molar-refractivity contribution is 5.86. The van der Waals surface area contributed by atoms with Crippen LogP contribution >= 0.6 is 0 Å². The van der Waals surface area contributed by atoms with E-state index in [-0.39, 0.29) is 6.54 Å². The van der Waals surface area contributed by atoms with E-state index in [9.17, 15) is 4.91 Å². The molecule has 0 N–H and O–H groups in total. The Kier molecular flexibility index (Phi) is 3.78. The van der Waals surface area contributed by atoms with E-state index in [1.807, 2.05) is 36.4 Å². The lowest BCUT2D eigenvalue weighted by molar-refractivity contribution is 0.414.